The number of ether oxygens (including phenoxy) is 2. The lowest BCUT2D eigenvalue weighted by Crippen LogP contribution is -2.29. The van der Waals surface area contributed by atoms with Crippen LogP contribution in [0.5, 0.6) is 5.75 Å². The molecule has 1 amide bonds. The molecule has 0 aliphatic carbocycles. The summed E-state index contributed by atoms with van der Waals surface area (Å²) >= 11 is 0.832. The van der Waals surface area contributed by atoms with Gasteiger partial charge in [0.1, 0.15) is 16.4 Å². The van der Waals surface area contributed by atoms with Gasteiger partial charge in [-0.15, -0.1) is 0 Å². The van der Waals surface area contributed by atoms with Crippen LogP contribution in [0.25, 0.3) is 5.76 Å². The predicted octanol–water partition coefficient (Wildman–Crippen LogP) is 4.17. The SMILES string of the molecule is CCOc1cccc(/C(O)=C2\C(=O)C(=O)N(c3nc(C)c(C(=O)OC)s3)C2c2cccc([N+](=O)[O-])c2)c1. The molecule has 1 aromatic heterocycles. The number of carbonyl (C=O) groups excluding carboxylic acids is 3. The molecule has 190 valence electrons. The minimum atomic E-state index is -1.26. The summed E-state index contributed by atoms with van der Waals surface area (Å²) in [6.45, 7) is 3.71. The molecule has 1 aliphatic heterocycles. The molecular formula is C25H21N3O8S. The number of carbonyl (C=O) groups is 3. The maximum atomic E-state index is 13.3. The van der Waals surface area contributed by atoms with E-state index in [2.05, 4.69) is 4.98 Å². The number of anilines is 1. The predicted molar refractivity (Wildman–Crippen MR) is 134 cm³/mol. The number of nitro benzene ring substituents is 1. The van der Waals surface area contributed by atoms with Gasteiger partial charge in [0.25, 0.3) is 11.5 Å². The Bertz CT molecular complexity index is 1460. The summed E-state index contributed by atoms with van der Waals surface area (Å²) in [4.78, 5) is 55.1. The van der Waals surface area contributed by atoms with Gasteiger partial charge in [0.05, 0.1) is 35.9 Å². The van der Waals surface area contributed by atoms with E-state index in [1.54, 1.807) is 32.0 Å². The average Bonchev–Trinajstić information content (AvgIpc) is 3.40. The quantitative estimate of drug-likeness (QED) is 0.120. The van der Waals surface area contributed by atoms with Crippen molar-refractivity contribution >= 4 is 45.6 Å². The first kappa shape index (κ1) is 25.5. The Kier molecular flexibility index (Phi) is 7.02. The molecule has 0 bridgehead atoms. The minimum absolute atomic E-state index is 0.00127. The van der Waals surface area contributed by atoms with Crippen molar-refractivity contribution < 1.29 is 33.9 Å². The number of methoxy groups -OCH3 is 1. The van der Waals surface area contributed by atoms with Gasteiger partial charge in [0.2, 0.25) is 0 Å². The summed E-state index contributed by atoms with van der Waals surface area (Å²) in [7, 11) is 1.20. The largest absolute Gasteiger partial charge is 0.507 e. The number of aromatic nitrogens is 1. The molecule has 0 saturated carbocycles. The number of nitrogens with zero attached hydrogens (tertiary/aromatic N) is 3. The van der Waals surface area contributed by atoms with Crippen molar-refractivity contribution in [1.82, 2.24) is 4.98 Å². The molecule has 4 rings (SSSR count). The van der Waals surface area contributed by atoms with Gasteiger partial charge in [0.15, 0.2) is 5.13 Å². The van der Waals surface area contributed by atoms with Crippen molar-refractivity contribution in [2.75, 3.05) is 18.6 Å². The molecule has 1 aliphatic rings. The van der Waals surface area contributed by atoms with Crippen LogP contribution >= 0.6 is 11.3 Å². The molecule has 2 aromatic carbocycles. The van der Waals surface area contributed by atoms with Crippen molar-refractivity contribution in [2.24, 2.45) is 0 Å². The number of aryl methyl sites for hydroxylation is 1. The Morgan fingerprint density at radius 2 is 1.95 bits per heavy atom. The fraction of sp³-hybridized carbons (Fsp3) is 0.200. The van der Waals surface area contributed by atoms with Crippen LogP contribution in [0.3, 0.4) is 0 Å². The summed E-state index contributed by atoms with van der Waals surface area (Å²) in [5, 5.41) is 22.7. The minimum Gasteiger partial charge on any atom is -0.507 e. The van der Waals surface area contributed by atoms with Crippen LogP contribution in [0.2, 0.25) is 0 Å². The molecule has 1 unspecified atom stereocenters. The number of thiazole rings is 1. The van der Waals surface area contributed by atoms with Gasteiger partial charge in [-0.3, -0.25) is 24.6 Å². The second kappa shape index (κ2) is 10.2. The zero-order valence-electron chi connectivity index (χ0n) is 20.0. The summed E-state index contributed by atoms with van der Waals surface area (Å²) in [6.07, 6.45) is 0. The maximum absolute atomic E-state index is 13.3. The Morgan fingerprint density at radius 3 is 2.62 bits per heavy atom. The monoisotopic (exact) mass is 523 g/mol. The number of aliphatic hydroxyl groups is 1. The Labute approximate surface area is 214 Å². The van der Waals surface area contributed by atoms with Gasteiger partial charge >= 0.3 is 11.9 Å². The first-order chi connectivity index (χ1) is 17.7. The summed E-state index contributed by atoms with van der Waals surface area (Å²) in [6, 6.07) is 10.5. The van der Waals surface area contributed by atoms with Crippen molar-refractivity contribution in [2.45, 2.75) is 19.9 Å². The van der Waals surface area contributed by atoms with Crippen molar-refractivity contribution in [3.63, 3.8) is 0 Å². The van der Waals surface area contributed by atoms with Gasteiger partial charge in [0, 0.05) is 17.7 Å². The molecule has 37 heavy (non-hydrogen) atoms. The van der Waals surface area contributed by atoms with E-state index in [0.29, 0.717) is 12.4 Å². The lowest BCUT2D eigenvalue weighted by molar-refractivity contribution is -0.384. The number of amides is 1. The van der Waals surface area contributed by atoms with Gasteiger partial charge < -0.3 is 14.6 Å². The maximum Gasteiger partial charge on any atom is 0.350 e. The van der Waals surface area contributed by atoms with E-state index in [1.807, 2.05) is 0 Å². The number of ketones is 1. The van der Waals surface area contributed by atoms with Crippen molar-refractivity contribution in [1.29, 1.82) is 0 Å². The normalized spacial score (nSPS) is 16.6. The summed E-state index contributed by atoms with van der Waals surface area (Å²) in [5.74, 6) is -2.74. The number of Topliss-reactive ketones (excluding diaryl/α,β-unsaturated/α-hetero) is 1. The zero-order valence-corrected chi connectivity index (χ0v) is 20.8. The van der Waals surface area contributed by atoms with E-state index in [0.717, 1.165) is 16.2 Å². The number of hydrogen-bond acceptors (Lipinski definition) is 10. The number of hydrogen-bond donors (Lipinski definition) is 1. The molecule has 1 saturated heterocycles. The molecule has 3 aromatic rings. The molecule has 2 heterocycles. The third-order valence-corrected chi connectivity index (χ3v) is 6.76. The zero-order chi connectivity index (χ0) is 26.9. The number of nitro groups is 1. The topological polar surface area (TPSA) is 149 Å². The number of aliphatic hydroxyl groups excluding tert-OH is 1. The summed E-state index contributed by atoms with van der Waals surface area (Å²) in [5.41, 5.74) is 0.128. The molecule has 0 radical (unpaired) electrons. The highest BCUT2D eigenvalue weighted by molar-refractivity contribution is 7.17. The molecular weight excluding hydrogens is 502 g/mol. The van der Waals surface area contributed by atoms with E-state index in [9.17, 15) is 29.6 Å². The first-order valence-corrected chi connectivity index (χ1v) is 11.8. The first-order valence-electron chi connectivity index (χ1n) is 11.0. The van der Waals surface area contributed by atoms with Gasteiger partial charge in [-0.2, -0.15) is 0 Å². The smallest absolute Gasteiger partial charge is 0.350 e. The van der Waals surface area contributed by atoms with Gasteiger partial charge in [-0.1, -0.05) is 35.6 Å². The van der Waals surface area contributed by atoms with E-state index < -0.39 is 34.4 Å². The number of rotatable bonds is 7. The van der Waals surface area contributed by atoms with Crippen LogP contribution in [0.15, 0.2) is 54.1 Å². The fourth-order valence-electron chi connectivity index (χ4n) is 3.98. The van der Waals surface area contributed by atoms with Crippen LogP contribution in [-0.4, -0.2) is 46.4 Å². The van der Waals surface area contributed by atoms with Crippen LogP contribution in [0.1, 0.15) is 39.5 Å². The van der Waals surface area contributed by atoms with Crippen molar-refractivity contribution in [3.8, 4) is 5.75 Å². The number of non-ortho nitro benzene ring substituents is 1. The molecule has 11 nitrogen and oxygen atoms in total. The van der Waals surface area contributed by atoms with Crippen LogP contribution in [0, 0.1) is 17.0 Å². The lowest BCUT2D eigenvalue weighted by atomic mass is 9.95. The molecule has 1 atom stereocenters. The van der Waals surface area contributed by atoms with Gasteiger partial charge in [-0.05, 0) is 31.5 Å². The average molecular weight is 524 g/mol. The highest BCUT2D eigenvalue weighted by Crippen LogP contribution is 2.44. The fourth-order valence-corrected chi connectivity index (χ4v) is 4.99. The second-order valence-corrected chi connectivity index (χ2v) is 8.86. The van der Waals surface area contributed by atoms with Crippen LogP contribution in [-0.2, 0) is 14.3 Å². The van der Waals surface area contributed by atoms with Gasteiger partial charge in [-0.25, -0.2) is 9.78 Å². The van der Waals surface area contributed by atoms with E-state index in [4.69, 9.17) is 9.47 Å². The number of esters is 1. The van der Waals surface area contributed by atoms with E-state index >= 15 is 0 Å². The second-order valence-electron chi connectivity index (χ2n) is 7.88. The lowest BCUT2D eigenvalue weighted by Gasteiger charge is -2.23. The Balaban J connectivity index is 1.95. The summed E-state index contributed by atoms with van der Waals surface area (Å²) < 4.78 is 10.2. The van der Waals surface area contributed by atoms with Crippen LogP contribution in [0.4, 0.5) is 10.8 Å². The standard InChI is InChI=1S/C25H21N3O8S/c1-4-36-17-10-6-8-15(12-17)20(29)18-19(14-7-5-9-16(11-14)28(33)34)27(23(31)21(18)30)25-26-13(2)22(37-25)24(32)35-3/h5-12,19,29H,4H2,1-3H3/b20-18+. The highest BCUT2D eigenvalue weighted by atomic mass is 32.1. The molecule has 12 heteroatoms. The third-order valence-electron chi connectivity index (χ3n) is 5.62. The highest BCUT2D eigenvalue weighted by Gasteiger charge is 2.48. The molecule has 0 spiro atoms. The third kappa shape index (κ3) is 4.66. The van der Waals surface area contributed by atoms with E-state index in [-0.39, 0.29) is 38.1 Å². The molecule has 1 fully saturated rings. The van der Waals surface area contributed by atoms with E-state index in [1.165, 1.54) is 37.4 Å². The Hall–Kier alpha value is -4.58. The van der Waals surface area contributed by atoms with Crippen LogP contribution < -0.4 is 9.64 Å². The molecule has 1 N–H and O–H groups in total. The van der Waals surface area contributed by atoms with Crippen molar-refractivity contribution in [3.05, 3.63) is 85.9 Å². The Morgan fingerprint density at radius 1 is 1.22 bits per heavy atom. The number of benzene rings is 2.